The highest BCUT2D eigenvalue weighted by atomic mass is 15.3. The molecule has 0 saturated carbocycles. The molecule has 0 saturated heterocycles. The molecular weight excluding hydrogens is 318 g/mol. The van der Waals surface area contributed by atoms with Crippen molar-refractivity contribution >= 4 is 33.7 Å². The Labute approximate surface area is 154 Å². The van der Waals surface area contributed by atoms with Crippen LogP contribution in [0.5, 0.6) is 0 Å². The molecule has 0 unspecified atom stereocenters. The number of aromatic nitrogens is 1. The van der Waals surface area contributed by atoms with Gasteiger partial charge in [-0.3, -0.25) is 0 Å². The average molecular weight is 341 g/mol. The van der Waals surface area contributed by atoms with Crippen molar-refractivity contribution in [1.82, 2.24) is 4.68 Å². The molecule has 0 amide bonds. The number of hydrogen-bond acceptors (Lipinski definition) is 2. The molecule has 0 atom stereocenters. The lowest BCUT2D eigenvalue weighted by molar-refractivity contribution is 0.866. The molecule has 4 aromatic rings. The van der Waals surface area contributed by atoms with Crippen LogP contribution in [-0.4, -0.2) is 24.0 Å². The Morgan fingerprint density at radius 3 is 1.85 bits per heavy atom. The standard InChI is InChI=1S/C23H23N3/c1-3-25(4-2)19-15-13-18(14-16-19)17-24-26-22-11-7-5-9-20(22)21-10-6-8-12-23(21)26/h5-17H,3-4H2,1-2H3. The van der Waals surface area contributed by atoms with Crippen molar-refractivity contribution in [2.75, 3.05) is 18.0 Å². The Hall–Kier alpha value is -3.07. The minimum atomic E-state index is 1.02. The van der Waals surface area contributed by atoms with E-state index < -0.39 is 0 Å². The van der Waals surface area contributed by atoms with Gasteiger partial charge in [0.2, 0.25) is 0 Å². The van der Waals surface area contributed by atoms with Crippen LogP contribution in [0.1, 0.15) is 19.4 Å². The third-order valence-corrected chi connectivity index (χ3v) is 4.90. The summed E-state index contributed by atoms with van der Waals surface area (Å²) < 4.78 is 2.03. The van der Waals surface area contributed by atoms with Crippen LogP contribution in [0.25, 0.3) is 21.8 Å². The van der Waals surface area contributed by atoms with Crippen molar-refractivity contribution in [3.05, 3.63) is 78.4 Å². The molecule has 4 rings (SSSR count). The Balaban J connectivity index is 1.72. The molecule has 0 bridgehead atoms. The van der Waals surface area contributed by atoms with E-state index in [0.717, 1.165) is 29.7 Å². The van der Waals surface area contributed by atoms with E-state index >= 15 is 0 Å². The normalized spacial score (nSPS) is 11.6. The summed E-state index contributed by atoms with van der Waals surface area (Å²) in [7, 11) is 0. The molecule has 1 aromatic heterocycles. The smallest absolute Gasteiger partial charge is 0.0732 e. The van der Waals surface area contributed by atoms with E-state index in [4.69, 9.17) is 5.10 Å². The summed E-state index contributed by atoms with van der Waals surface area (Å²) >= 11 is 0. The zero-order valence-corrected chi connectivity index (χ0v) is 15.3. The first-order valence-corrected chi connectivity index (χ1v) is 9.19. The first-order chi connectivity index (χ1) is 12.8. The van der Waals surface area contributed by atoms with Gasteiger partial charge >= 0.3 is 0 Å². The molecule has 0 spiro atoms. The summed E-state index contributed by atoms with van der Waals surface area (Å²) in [5.41, 5.74) is 4.61. The molecule has 3 heteroatoms. The fraction of sp³-hybridized carbons (Fsp3) is 0.174. The van der Waals surface area contributed by atoms with Gasteiger partial charge in [-0.05, 0) is 43.7 Å². The maximum Gasteiger partial charge on any atom is 0.0732 e. The monoisotopic (exact) mass is 341 g/mol. The van der Waals surface area contributed by atoms with Gasteiger partial charge in [-0.25, -0.2) is 4.68 Å². The maximum atomic E-state index is 4.79. The summed E-state index contributed by atoms with van der Waals surface area (Å²) in [6.07, 6.45) is 1.94. The van der Waals surface area contributed by atoms with Crippen LogP contribution in [0, 0.1) is 0 Å². The third-order valence-electron chi connectivity index (χ3n) is 4.90. The lowest BCUT2D eigenvalue weighted by Crippen LogP contribution is -2.21. The minimum absolute atomic E-state index is 1.02. The van der Waals surface area contributed by atoms with Crippen molar-refractivity contribution in [3.63, 3.8) is 0 Å². The fourth-order valence-electron chi connectivity index (χ4n) is 3.51. The van der Waals surface area contributed by atoms with Crippen molar-refractivity contribution < 1.29 is 0 Å². The zero-order chi connectivity index (χ0) is 17.9. The first kappa shape index (κ1) is 16.4. The Bertz CT molecular complexity index is 1000. The minimum Gasteiger partial charge on any atom is -0.372 e. The molecule has 3 aromatic carbocycles. The molecular formula is C23H23N3. The number of rotatable bonds is 5. The van der Waals surface area contributed by atoms with Gasteiger partial charge in [0.15, 0.2) is 0 Å². The average Bonchev–Trinajstić information content (AvgIpc) is 3.02. The largest absolute Gasteiger partial charge is 0.372 e. The van der Waals surface area contributed by atoms with Crippen LogP contribution in [0.3, 0.4) is 0 Å². The van der Waals surface area contributed by atoms with Crippen LogP contribution in [0.4, 0.5) is 5.69 Å². The summed E-state index contributed by atoms with van der Waals surface area (Å²) in [6, 6.07) is 25.4. The van der Waals surface area contributed by atoms with E-state index in [1.54, 1.807) is 0 Å². The van der Waals surface area contributed by atoms with Gasteiger partial charge in [0.25, 0.3) is 0 Å². The van der Waals surface area contributed by atoms with Crippen LogP contribution >= 0.6 is 0 Å². The van der Waals surface area contributed by atoms with E-state index in [9.17, 15) is 0 Å². The second kappa shape index (κ2) is 7.04. The Kier molecular flexibility index (Phi) is 4.44. The lowest BCUT2D eigenvalue weighted by atomic mass is 10.2. The van der Waals surface area contributed by atoms with E-state index in [0.29, 0.717) is 0 Å². The SMILES string of the molecule is CCN(CC)c1ccc(C=Nn2c3ccccc3c3ccccc32)cc1. The highest BCUT2D eigenvalue weighted by Gasteiger charge is 2.08. The number of anilines is 1. The molecule has 0 N–H and O–H groups in total. The summed E-state index contributed by atoms with van der Waals surface area (Å²) in [4.78, 5) is 2.34. The molecule has 3 nitrogen and oxygen atoms in total. The Morgan fingerprint density at radius 1 is 0.769 bits per heavy atom. The predicted octanol–water partition coefficient (Wildman–Crippen LogP) is 5.52. The van der Waals surface area contributed by atoms with Gasteiger partial charge in [-0.1, -0.05) is 48.5 Å². The van der Waals surface area contributed by atoms with Gasteiger partial charge in [-0.15, -0.1) is 0 Å². The summed E-state index contributed by atoms with van der Waals surface area (Å²) in [5.74, 6) is 0. The topological polar surface area (TPSA) is 20.5 Å². The van der Waals surface area contributed by atoms with Gasteiger partial charge < -0.3 is 4.90 Å². The number of para-hydroxylation sites is 2. The zero-order valence-electron chi connectivity index (χ0n) is 15.3. The molecule has 26 heavy (non-hydrogen) atoms. The number of hydrogen-bond donors (Lipinski definition) is 0. The lowest BCUT2D eigenvalue weighted by Gasteiger charge is -2.20. The number of benzene rings is 3. The maximum absolute atomic E-state index is 4.79. The third kappa shape index (κ3) is 2.86. The predicted molar refractivity (Wildman–Crippen MR) is 112 cm³/mol. The first-order valence-electron chi connectivity index (χ1n) is 9.19. The van der Waals surface area contributed by atoms with Crippen molar-refractivity contribution in [2.24, 2.45) is 5.10 Å². The Morgan fingerprint density at radius 2 is 1.31 bits per heavy atom. The quantitative estimate of drug-likeness (QED) is 0.438. The van der Waals surface area contributed by atoms with Crippen molar-refractivity contribution in [1.29, 1.82) is 0 Å². The van der Waals surface area contributed by atoms with E-state index in [2.05, 4.69) is 91.5 Å². The molecule has 130 valence electrons. The van der Waals surface area contributed by atoms with Gasteiger partial charge in [0, 0.05) is 29.5 Å². The molecule has 0 fully saturated rings. The summed E-state index contributed by atoms with van der Waals surface area (Å²) in [5, 5.41) is 7.25. The van der Waals surface area contributed by atoms with E-state index in [1.165, 1.54) is 16.5 Å². The second-order valence-corrected chi connectivity index (χ2v) is 6.35. The van der Waals surface area contributed by atoms with Gasteiger partial charge in [0.05, 0.1) is 17.2 Å². The molecule has 0 aliphatic carbocycles. The van der Waals surface area contributed by atoms with Crippen LogP contribution in [0.15, 0.2) is 77.9 Å². The van der Waals surface area contributed by atoms with Crippen LogP contribution in [-0.2, 0) is 0 Å². The van der Waals surface area contributed by atoms with E-state index in [-0.39, 0.29) is 0 Å². The van der Waals surface area contributed by atoms with Crippen LogP contribution < -0.4 is 4.90 Å². The van der Waals surface area contributed by atoms with Crippen molar-refractivity contribution in [2.45, 2.75) is 13.8 Å². The molecule has 0 aliphatic heterocycles. The molecule has 1 heterocycles. The van der Waals surface area contributed by atoms with Crippen LogP contribution in [0.2, 0.25) is 0 Å². The number of nitrogens with zero attached hydrogens (tertiary/aromatic N) is 3. The molecule has 0 radical (unpaired) electrons. The second-order valence-electron chi connectivity index (χ2n) is 6.35. The highest BCUT2D eigenvalue weighted by molar-refractivity contribution is 6.08. The van der Waals surface area contributed by atoms with E-state index in [1.807, 2.05) is 10.9 Å². The number of fused-ring (bicyclic) bond motifs is 3. The van der Waals surface area contributed by atoms with Gasteiger partial charge in [-0.2, -0.15) is 5.10 Å². The molecule has 0 aliphatic rings. The van der Waals surface area contributed by atoms with Crippen molar-refractivity contribution in [3.8, 4) is 0 Å². The summed E-state index contributed by atoms with van der Waals surface area (Å²) in [6.45, 7) is 6.40. The highest BCUT2D eigenvalue weighted by Crippen LogP contribution is 2.28. The van der Waals surface area contributed by atoms with Gasteiger partial charge in [0.1, 0.15) is 0 Å². The fourth-order valence-corrected chi connectivity index (χ4v) is 3.51.